The molecule has 0 bridgehead atoms. The molecule has 0 unspecified atom stereocenters. The molecule has 3 heteroatoms. The van der Waals surface area contributed by atoms with Gasteiger partial charge in [-0.05, 0) is 51.7 Å². The van der Waals surface area contributed by atoms with Gasteiger partial charge >= 0.3 is 0 Å². The molecule has 1 aliphatic heterocycles. The molecule has 1 saturated carbocycles. The van der Waals surface area contributed by atoms with Crippen LogP contribution >= 0.6 is 0 Å². The van der Waals surface area contributed by atoms with Crippen molar-refractivity contribution >= 4 is 0 Å². The van der Waals surface area contributed by atoms with Gasteiger partial charge in [0.2, 0.25) is 0 Å². The highest BCUT2D eigenvalue weighted by Crippen LogP contribution is 2.27. The Balaban J connectivity index is 1.64. The van der Waals surface area contributed by atoms with Gasteiger partial charge in [0.05, 0.1) is 0 Å². The number of nitrogens with two attached hydrogens (primary N) is 1. The molecule has 0 amide bonds. The Morgan fingerprint density at radius 3 is 2.40 bits per heavy atom. The largest absolute Gasteiger partial charge is 0.329 e. The molecule has 1 aliphatic carbocycles. The Morgan fingerprint density at radius 1 is 1.20 bits per heavy atom. The van der Waals surface area contributed by atoms with Crippen molar-refractivity contribution in [1.29, 1.82) is 0 Å². The standard InChI is InChI=1S/C12H25N3/c1-14(12-2-3-12)10-11-4-7-15(8-5-11)9-6-13/h11-12H,2-10,13H2,1H3. The molecule has 2 fully saturated rings. The zero-order chi connectivity index (χ0) is 10.7. The van der Waals surface area contributed by atoms with Gasteiger partial charge in [0.25, 0.3) is 0 Å². The second kappa shape index (κ2) is 5.28. The van der Waals surface area contributed by atoms with E-state index in [2.05, 4.69) is 16.8 Å². The molecular weight excluding hydrogens is 186 g/mol. The summed E-state index contributed by atoms with van der Waals surface area (Å²) in [5.74, 6) is 0.935. The first-order valence-electron chi connectivity index (χ1n) is 6.42. The molecule has 0 aromatic carbocycles. The van der Waals surface area contributed by atoms with Crippen molar-refractivity contribution in [3.8, 4) is 0 Å². The van der Waals surface area contributed by atoms with Gasteiger partial charge in [0.1, 0.15) is 0 Å². The van der Waals surface area contributed by atoms with Crippen LogP contribution in [0.2, 0.25) is 0 Å². The normalized spacial score (nSPS) is 25.0. The molecule has 2 N–H and O–H groups in total. The van der Waals surface area contributed by atoms with E-state index in [-0.39, 0.29) is 0 Å². The van der Waals surface area contributed by atoms with Crippen molar-refractivity contribution in [1.82, 2.24) is 9.80 Å². The van der Waals surface area contributed by atoms with Crippen LogP contribution in [0.25, 0.3) is 0 Å². The van der Waals surface area contributed by atoms with Gasteiger partial charge in [-0.15, -0.1) is 0 Å². The van der Waals surface area contributed by atoms with Crippen LogP contribution < -0.4 is 5.73 Å². The molecule has 2 aliphatic rings. The molecule has 0 aromatic heterocycles. The number of nitrogens with zero attached hydrogens (tertiary/aromatic N) is 2. The zero-order valence-corrected chi connectivity index (χ0v) is 9.99. The fraction of sp³-hybridized carbons (Fsp3) is 1.00. The van der Waals surface area contributed by atoms with E-state index in [9.17, 15) is 0 Å². The Labute approximate surface area is 93.6 Å². The minimum atomic E-state index is 0.812. The lowest BCUT2D eigenvalue weighted by Crippen LogP contribution is -2.40. The van der Waals surface area contributed by atoms with Crippen LogP contribution in [0.15, 0.2) is 0 Å². The van der Waals surface area contributed by atoms with Crippen LogP contribution in [0.4, 0.5) is 0 Å². The maximum atomic E-state index is 5.57. The lowest BCUT2D eigenvalue weighted by molar-refractivity contribution is 0.155. The summed E-state index contributed by atoms with van der Waals surface area (Å²) in [6, 6.07) is 0.923. The Kier molecular flexibility index (Phi) is 4.00. The molecule has 15 heavy (non-hydrogen) atoms. The highest BCUT2D eigenvalue weighted by atomic mass is 15.2. The fourth-order valence-corrected chi connectivity index (χ4v) is 2.65. The van der Waals surface area contributed by atoms with E-state index in [0.29, 0.717) is 0 Å². The molecule has 0 atom stereocenters. The van der Waals surface area contributed by atoms with Crippen molar-refractivity contribution in [3.63, 3.8) is 0 Å². The van der Waals surface area contributed by atoms with E-state index in [0.717, 1.165) is 25.0 Å². The molecule has 0 spiro atoms. The van der Waals surface area contributed by atoms with Crippen LogP contribution in [-0.2, 0) is 0 Å². The van der Waals surface area contributed by atoms with Crippen molar-refractivity contribution in [3.05, 3.63) is 0 Å². The summed E-state index contributed by atoms with van der Waals surface area (Å²) in [7, 11) is 2.30. The molecule has 88 valence electrons. The van der Waals surface area contributed by atoms with Crippen molar-refractivity contribution in [2.24, 2.45) is 11.7 Å². The third kappa shape index (κ3) is 3.44. The predicted octanol–water partition coefficient (Wildman–Crippen LogP) is 0.751. The van der Waals surface area contributed by atoms with Crippen molar-refractivity contribution < 1.29 is 0 Å². The fourth-order valence-electron chi connectivity index (χ4n) is 2.65. The van der Waals surface area contributed by atoms with E-state index < -0.39 is 0 Å². The number of rotatable bonds is 5. The molecule has 2 rings (SSSR count). The SMILES string of the molecule is CN(CC1CCN(CCN)CC1)C1CC1. The summed E-state index contributed by atoms with van der Waals surface area (Å²) in [5, 5.41) is 0. The number of hydrogen-bond donors (Lipinski definition) is 1. The lowest BCUT2D eigenvalue weighted by atomic mass is 9.96. The van der Waals surface area contributed by atoms with E-state index >= 15 is 0 Å². The minimum absolute atomic E-state index is 0.812. The van der Waals surface area contributed by atoms with Crippen LogP contribution in [-0.4, -0.2) is 55.6 Å². The molecule has 3 nitrogen and oxygen atoms in total. The van der Waals surface area contributed by atoms with Crippen molar-refractivity contribution in [2.45, 2.75) is 31.7 Å². The summed E-state index contributed by atoms with van der Waals surface area (Å²) in [6.07, 6.45) is 5.61. The quantitative estimate of drug-likeness (QED) is 0.728. The predicted molar refractivity (Wildman–Crippen MR) is 63.9 cm³/mol. The summed E-state index contributed by atoms with van der Waals surface area (Å²) in [6.45, 7) is 5.75. The highest BCUT2D eigenvalue weighted by Gasteiger charge is 2.28. The molecular formula is C12H25N3. The third-order valence-electron chi connectivity index (χ3n) is 3.87. The monoisotopic (exact) mass is 211 g/mol. The van der Waals surface area contributed by atoms with Gasteiger partial charge in [-0.3, -0.25) is 0 Å². The van der Waals surface area contributed by atoms with Crippen LogP contribution in [0, 0.1) is 5.92 Å². The summed E-state index contributed by atoms with van der Waals surface area (Å²) in [4.78, 5) is 5.08. The molecule has 0 radical (unpaired) electrons. The average Bonchev–Trinajstić information content (AvgIpc) is 3.04. The van der Waals surface area contributed by atoms with E-state index in [4.69, 9.17) is 5.73 Å². The summed E-state index contributed by atoms with van der Waals surface area (Å²) < 4.78 is 0. The van der Waals surface area contributed by atoms with Gasteiger partial charge in [-0.2, -0.15) is 0 Å². The van der Waals surface area contributed by atoms with Gasteiger partial charge in [-0.25, -0.2) is 0 Å². The Morgan fingerprint density at radius 2 is 1.87 bits per heavy atom. The number of hydrogen-bond acceptors (Lipinski definition) is 3. The molecule has 0 aromatic rings. The number of likely N-dealkylation sites (tertiary alicyclic amines) is 1. The average molecular weight is 211 g/mol. The summed E-state index contributed by atoms with van der Waals surface area (Å²) >= 11 is 0. The first-order chi connectivity index (χ1) is 7.29. The third-order valence-corrected chi connectivity index (χ3v) is 3.87. The smallest absolute Gasteiger partial charge is 0.0105 e. The zero-order valence-electron chi connectivity index (χ0n) is 9.99. The number of piperidine rings is 1. The van der Waals surface area contributed by atoms with Gasteiger partial charge < -0.3 is 15.5 Å². The van der Waals surface area contributed by atoms with Crippen LogP contribution in [0.5, 0.6) is 0 Å². The summed E-state index contributed by atoms with van der Waals surface area (Å²) in [5.41, 5.74) is 5.57. The highest BCUT2D eigenvalue weighted by molar-refractivity contribution is 4.84. The maximum absolute atomic E-state index is 5.57. The first-order valence-corrected chi connectivity index (χ1v) is 6.42. The second-order valence-corrected chi connectivity index (χ2v) is 5.24. The van der Waals surface area contributed by atoms with Crippen LogP contribution in [0.3, 0.4) is 0 Å². The van der Waals surface area contributed by atoms with Gasteiger partial charge in [-0.1, -0.05) is 0 Å². The van der Waals surface area contributed by atoms with E-state index in [1.54, 1.807) is 0 Å². The lowest BCUT2D eigenvalue weighted by Gasteiger charge is -2.33. The molecule has 1 heterocycles. The Hall–Kier alpha value is -0.120. The molecule has 1 saturated heterocycles. The first kappa shape index (κ1) is 11.4. The van der Waals surface area contributed by atoms with Gasteiger partial charge in [0.15, 0.2) is 0 Å². The van der Waals surface area contributed by atoms with E-state index in [1.165, 1.54) is 45.3 Å². The van der Waals surface area contributed by atoms with Crippen molar-refractivity contribution in [2.75, 3.05) is 39.8 Å². The minimum Gasteiger partial charge on any atom is -0.329 e. The topological polar surface area (TPSA) is 32.5 Å². The maximum Gasteiger partial charge on any atom is 0.0105 e. The van der Waals surface area contributed by atoms with E-state index in [1.807, 2.05) is 0 Å². The Bertz CT molecular complexity index is 183. The van der Waals surface area contributed by atoms with Gasteiger partial charge in [0, 0.05) is 25.7 Å². The van der Waals surface area contributed by atoms with Crippen LogP contribution in [0.1, 0.15) is 25.7 Å². The second-order valence-electron chi connectivity index (χ2n) is 5.24.